The van der Waals surface area contributed by atoms with Crippen molar-refractivity contribution in [2.75, 3.05) is 5.32 Å². The number of hydrogen-bond acceptors (Lipinski definition) is 4. The molecule has 7 heteroatoms. The molecule has 0 unspecified atom stereocenters. The fourth-order valence-corrected chi connectivity index (χ4v) is 3.07. The molecule has 0 spiro atoms. The number of carbonyl (C=O) groups is 1. The predicted molar refractivity (Wildman–Crippen MR) is 89.3 cm³/mol. The smallest absolute Gasteiger partial charge is 0.257 e. The van der Waals surface area contributed by atoms with E-state index in [1.807, 2.05) is 19.1 Å². The van der Waals surface area contributed by atoms with Crippen LogP contribution in [0.25, 0.3) is 11.0 Å². The van der Waals surface area contributed by atoms with Gasteiger partial charge in [-0.1, -0.05) is 33.6 Å². The second-order valence-corrected chi connectivity index (χ2v) is 6.32. The molecule has 1 aromatic heterocycles. The number of nitrogens with one attached hydrogen (secondary N) is 1. The van der Waals surface area contributed by atoms with Crippen molar-refractivity contribution in [1.82, 2.24) is 8.75 Å². The fraction of sp³-hybridized carbons (Fsp3) is 0.0714. The molecule has 106 valence electrons. The standard InChI is InChI=1S/C14H9BrClN3OS/c1-7-2-5-11-13(19-21-18-11)12(7)17-14(20)9-6-8(15)3-4-10(9)16/h2-6H,1H3,(H,17,20). The lowest BCUT2D eigenvalue weighted by molar-refractivity contribution is 0.102. The van der Waals surface area contributed by atoms with Crippen LogP contribution in [0.3, 0.4) is 0 Å². The molecule has 21 heavy (non-hydrogen) atoms. The van der Waals surface area contributed by atoms with Crippen LogP contribution < -0.4 is 5.32 Å². The van der Waals surface area contributed by atoms with E-state index in [1.54, 1.807) is 18.2 Å². The van der Waals surface area contributed by atoms with Gasteiger partial charge in [0.25, 0.3) is 5.91 Å². The Morgan fingerprint density at radius 2 is 2.10 bits per heavy atom. The maximum absolute atomic E-state index is 12.4. The zero-order chi connectivity index (χ0) is 15.0. The van der Waals surface area contributed by atoms with E-state index < -0.39 is 0 Å². The van der Waals surface area contributed by atoms with E-state index in [0.29, 0.717) is 21.8 Å². The molecule has 4 nitrogen and oxygen atoms in total. The molecule has 1 amide bonds. The average Bonchev–Trinajstić information content (AvgIpc) is 2.93. The normalized spacial score (nSPS) is 10.8. The highest BCUT2D eigenvalue weighted by atomic mass is 79.9. The molecule has 0 saturated heterocycles. The van der Waals surface area contributed by atoms with Crippen molar-refractivity contribution >= 4 is 61.9 Å². The summed E-state index contributed by atoms with van der Waals surface area (Å²) in [5, 5.41) is 3.28. The van der Waals surface area contributed by atoms with E-state index in [9.17, 15) is 4.79 Å². The summed E-state index contributed by atoms with van der Waals surface area (Å²) in [6.07, 6.45) is 0. The van der Waals surface area contributed by atoms with Crippen LogP contribution in [0.4, 0.5) is 5.69 Å². The fourth-order valence-electron chi connectivity index (χ4n) is 1.96. The number of aryl methyl sites for hydroxylation is 1. The molecular formula is C14H9BrClN3OS. The quantitative estimate of drug-likeness (QED) is 0.701. The van der Waals surface area contributed by atoms with Crippen molar-refractivity contribution in [2.24, 2.45) is 0 Å². The lowest BCUT2D eigenvalue weighted by atomic mass is 10.1. The third kappa shape index (κ3) is 2.79. The van der Waals surface area contributed by atoms with Crippen molar-refractivity contribution in [3.05, 3.63) is 51.0 Å². The molecular weight excluding hydrogens is 374 g/mol. The molecule has 0 saturated carbocycles. The van der Waals surface area contributed by atoms with Gasteiger partial charge in [-0.15, -0.1) is 0 Å². The summed E-state index contributed by atoms with van der Waals surface area (Å²) in [6, 6.07) is 8.94. The summed E-state index contributed by atoms with van der Waals surface area (Å²) in [5.41, 5.74) is 3.46. The largest absolute Gasteiger partial charge is 0.320 e. The van der Waals surface area contributed by atoms with Crippen LogP contribution in [0.2, 0.25) is 5.02 Å². The van der Waals surface area contributed by atoms with Gasteiger partial charge in [0.15, 0.2) is 0 Å². The van der Waals surface area contributed by atoms with Crippen LogP contribution in [0, 0.1) is 6.92 Å². The third-order valence-electron chi connectivity index (χ3n) is 3.05. The van der Waals surface area contributed by atoms with Gasteiger partial charge in [-0.3, -0.25) is 4.79 Å². The highest BCUT2D eigenvalue weighted by molar-refractivity contribution is 9.10. The van der Waals surface area contributed by atoms with Gasteiger partial charge < -0.3 is 5.32 Å². The minimum absolute atomic E-state index is 0.273. The Bertz CT molecular complexity index is 849. The molecule has 0 fully saturated rings. The molecule has 0 bridgehead atoms. The van der Waals surface area contributed by atoms with E-state index in [1.165, 1.54) is 0 Å². The zero-order valence-electron chi connectivity index (χ0n) is 10.9. The Morgan fingerprint density at radius 1 is 1.29 bits per heavy atom. The number of amides is 1. The maximum Gasteiger partial charge on any atom is 0.257 e. The SMILES string of the molecule is Cc1ccc2nsnc2c1NC(=O)c1cc(Br)ccc1Cl. The molecule has 1 heterocycles. The van der Waals surface area contributed by atoms with Crippen LogP contribution in [0.15, 0.2) is 34.8 Å². The summed E-state index contributed by atoms with van der Waals surface area (Å²) in [4.78, 5) is 12.4. The highest BCUT2D eigenvalue weighted by Crippen LogP contribution is 2.27. The van der Waals surface area contributed by atoms with E-state index >= 15 is 0 Å². The number of fused-ring (bicyclic) bond motifs is 1. The first-order valence-corrected chi connectivity index (χ1v) is 7.94. The number of carbonyl (C=O) groups excluding carboxylic acids is 1. The van der Waals surface area contributed by atoms with Gasteiger partial charge >= 0.3 is 0 Å². The van der Waals surface area contributed by atoms with Crippen molar-refractivity contribution in [3.63, 3.8) is 0 Å². The summed E-state index contributed by atoms with van der Waals surface area (Å²) in [5.74, 6) is -0.273. The van der Waals surface area contributed by atoms with E-state index in [4.69, 9.17) is 11.6 Å². The summed E-state index contributed by atoms with van der Waals surface area (Å²) < 4.78 is 9.21. The van der Waals surface area contributed by atoms with Crippen LogP contribution >= 0.6 is 39.3 Å². The van der Waals surface area contributed by atoms with E-state index in [2.05, 4.69) is 30.0 Å². The van der Waals surface area contributed by atoms with Crippen molar-refractivity contribution in [2.45, 2.75) is 6.92 Å². The molecule has 1 N–H and O–H groups in total. The topological polar surface area (TPSA) is 54.9 Å². The van der Waals surface area contributed by atoms with Gasteiger partial charge in [0.1, 0.15) is 11.0 Å². The van der Waals surface area contributed by atoms with Crippen molar-refractivity contribution in [1.29, 1.82) is 0 Å². The average molecular weight is 383 g/mol. The highest BCUT2D eigenvalue weighted by Gasteiger charge is 2.15. The monoisotopic (exact) mass is 381 g/mol. The van der Waals surface area contributed by atoms with Gasteiger partial charge in [0.2, 0.25) is 0 Å². The Balaban J connectivity index is 2.02. The number of rotatable bonds is 2. The van der Waals surface area contributed by atoms with E-state index in [-0.39, 0.29) is 5.91 Å². The first-order chi connectivity index (χ1) is 10.1. The number of aromatic nitrogens is 2. The van der Waals surface area contributed by atoms with Crippen molar-refractivity contribution in [3.8, 4) is 0 Å². The van der Waals surface area contributed by atoms with Crippen molar-refractivity contribution < 1.29 is 4.79 Å². The van der Waals surface area contributed by atoms with E-state index in [0.717, 1.165) is 27.3 Å². The Kier molecular flexibility index (Phi) is 3.93. The van der Waals surface area contributed by atoms with Gasteiger partial charge in [0, 0.05) is 4.47 Å². The molecule has 0 aliphatic rings. The molecule has 0 aliphatic heterocycles. The summed E-state index contributed by atoms with van der Waals surface area (Å²) in [7, 11) is 0. The Hall–Kier alpha value is -1.50. The maximum atomic E-state index is 12.4. The van der Waals surface area contributed by atoms with Crippen LogP contribution in [0.5, 0.6) is 0 Å². The molecule has 0 aliphatic carbocycles. The number of nitrogens with zero attached hydrogens (tertiary/aromatic N) is 2. The second-order valence-electron chi connectivity index (χ2n) is 4.47. The summed E-state index contributed by atoms with van der Waals surface area (Å²) in [6.45, 7) is 1.91. The van der Waals surface area contributed by atoms with Gasteiger partial charge in [-0.25, -0.2) is 0 Å². The zero-order valence-corrected chi connectivity index (χ0v) is 14.0. The Labute approximate surface area is 138 Å². The minimum Gasteiger partial charge on any atom is -0.320 e. The summed E-state index contributed by atoms with van der Waals surface area (Å²) >= 11 is 10.5. The third-order valence-corrected chi connectivity index (χ3v) is 4.41. The molecule has 2 aromatic carbocycles. The number of anilines is 1. The van der Waals surface area contributed by atoms with Gasteiger partial charge in [0.05, 0.1) is 28.0 Å². The van der Waals surface area contributed by atoms with Crippen LogP contribution in [0.1, 0.15) is 15.9 Å². The first-order valence-electron chi connectivity index (χ1n) is 6.04. The number of hydrogen-bond donors (Lipinski definition) is 1. The molecule has 3 aromatic rings. The predicted octanol–water partition coefficient (Wildman–Crippen LogP) is 4.67. The number of benzene rings is 2. The van der Waals surface area contributed by atoms with Crippen LogP contribution in [-0.4, -0.2) is 14.7 Å². The van der Waals surface area contributed by atoms with Gasteiger partial charge in [-0.05, 0) is 36.8 Å². The minimum atomic E-state index is -0.273. The van der Waals surface area contributed by atoms with Crippen LogP contribution in [-0.2, 0) is 0 Å². The first kappa shape index (κ1) is 14.4. The lowest BCUT2D eigenvalue weighted by Gasteiger charge is -2.10. The Morgan fingerprint density at radius 3 is 2.90 bits per heavy atom. The second kappa shape index (κ2) is 5.71. The molecule has 3 rings (SSSR count). The number of halogens is 2. The lowest BCUT2D eigenvalue weighted by Crippen LogP contribution is -2.13. The molecule has 0 atom stereocenters. The van der Waals surface area contributed by atoms with Gasteiger partial charge in [-0.2, -0.15) is 8.75 Å². The molecule has 0 radical (unpaired) electrons.